The highest BCUT2D eigenvalue weighted by molar-refractivity contribution is 6.03. The maximum absolute atomic E-state index is 12.4. The number of aliphatic carboxylic acids is 1. The number of carboxylic acid groups (broad SMARTS) is 1. The Kier molecular flexibility index (Phi) is 4.83. The molecule has 2 heterocycles. The van der Waals surface area contributed by atoms with Crippen LogP contribution in [0.1, 0.15) is 36.6 Å². The maximum Gasteiger partial charge on any atom is 0.303 e. The molecule has 0 bridgehead atoms. The second-order valence-corrected chi connectivity index (χ2v) is 5.65. The minimum absolute atomic E-state index is 0.110. The van der Waals surface area contributed by atoms with Crippen molar-refractivity contribution in [1.82, 2.24) is 5.01 Å². The number of benzene rings is 1. The number of hydrazone groups is 1. The first-order valence-electron chi connectivity index (χ1n) is 7.87. The van der Waals surface area contributed by atoms with Crippen molar-refractivity contribution in [3.05, 3.63) is 54.0 Å². The SMILES string of the molecule is COc1cccc(C2=NN(C(=O)CCC(=O)O)[C@@H](c3ccco3)C2)c1. The molecule has 0 fully saturated rings. The van der Waals surface area contributed by atoms with Gasteiger partial charge in [0.1, 0.15) is 17.6 Å². The molecule has 3 rings (SSSR count). The summed E-state index contributed by atoms with van der Waals surface area (Å²) in [5.74, 6) is -0.0449. The Hall–Kier alpha value is -3.09. The Morgan fingerprint density at radius 1 is 1.32 bits per heavy atom. The number of carboxylic acids is 1. The number of carbonyl (C=O) groups excluding carboxylic acids is 1. The smallest absolute Gasteiger partial charge is 0.303 e. The average Bonchev–Trinajstić information content (AvgIpc) is 3.28. The van der Waals surface area contributed by atoms with Gasteiger partial charge in [-0.05, 0) is 24.3 Å². The fourth-order valence-electron chi connectivity index (χ4n) is 2.75. The molecule has 0 spiro atoms. The molecule has 1 N–H and O–H groups in total. The Labute approximate surface area is 144 Å². The van der Waals surface area contributed by atoms with E-state index in [1.807, 2.05) is 24.3 Å². The molecule has 0 saturated heterocycles. The lowest BCUT2D eigenvalue weighted by atomic mass is 10.0. The zero-order valence-electron chi connectivity index (χ0n) is 13.7. The summed E-state index contributed by atoms with van der Waals surface area (Å²) >= 11 is 0. The molecule has 25 heavy (non-hydrogen) atoms. The van der Waals surface area contributed by atoms with Crippen LogP contribution in [0.15, 0.2) is 52.2 Å². The molecule has 1 aliphatic heterocycles. The molecular weight excluding hydrogens is 324 g/mol. The highest BCUT2D eigenvalue weighted by Crippen LogP contribution is 2.34. The predicted molar refractivity (Wildman–Crippen MR) is 89.3 cm³/mol. The van der Waals surface area contributed by atoms with Gasteiger partial charge in [-0.1, -0.05) is 12.1 Å². The summed E-state index contributed by atoms with van der Waals surface area (Å²) < 4.78 is 10.7. The zero-order chi connectivity index (χ0) is 17.8. The van der Waals surface area contributed by atoms with Crippen LogP contribution in [0.3, 0.4) is 0 Å². The van der Waals surface area contributed by atoms with Crippen LogP contribution >= 0.6 is 0 Å². The van der Waals surface area contributed by atoms with Gasteiger partial charge < -0.3 is 14.3 Å². The maximum atomic E-state index is 12.4. The Morgan fingerprint density at radius 3 is 2.84 bits per heavy atom. The number of carbonyl (C=O) groups is 2. The molecule has 1 amide bonds. The standard InChI is InChI=1S/C18H18N2O5/c1-24-13-5-2-4-12(10-13)14-11-15(16-6-3-9-25-16)20(19-14)17(21)7-8-18(22)23/h2-6,9-10,15H,7-8,11H2,1H3,(H,22,23)/t15-/m1/s1. The van der Waals surface area contributed by atoms with Gasteiger partial charge in [-0.15, -0.1) is 0 Å². The molecule has 1 aromatic heterocycles. The Balaban J connectivity index is 1.88. The van der Waals surface area contributed by atoms with Crippen molar-refractivity contribution in [3.63, 3.8) is 0 Å². The summed E-state index contributed by atoms with van der Waals surface area (Å²) in [5.41, 5.74) is 1.58. The third-order valence-corrected chi connectivity index (χ3v) is 3.99. The first-order valence-corrected chi connectivity index (χ1v) is 7.87. The van der Waals surface area contributed by atoms with E-state index < -0.39 is 5.97 Å². The quantitative estimate of drug-likeness (QED) is 0.871. The molecule has 0 aliphatic carbocycles. The van der Waals surface area contributed by atoms with Crippen LogP contribution in [0, 0.1) is 0 Å². The number of rotatable bonds is 6. The van der Waals surface area contributed by atoms with Crippen LogP contribution in [0.25, 0.3) is 0 Å². The van der Waals surface area contributed by atoms with E-state index in [1.165, 1.54) is 5.01 Å². The second kappa shape index (κ2) is 7.21. The molecule has 0 radical (unpaired) electrons. The molecule has 0 saturated carbocycles. The van der Waals surface area contributed by atoms with Gasteiger partial charge in [0.25, 0.3) is 0 Å². The molecular formula is C18H18N2O5. The van der Waals surface area contributed by atoms with E-state index in [9.17, 15) is 9.59 Å². The molecule has 7 heteroatoms. The fraction of sp³-hybridized carbons (Fsp3) is 0.278. The predicted octanol–water partition coefficient (Wildman–Crippen LogP) is 2.83. The monoisotopic (exact) mass is 342 g/mol. The lowest BCUT2D eigenvalue weighted by molar-refractivity contribution is -0.141. The molecule has 1 aromatic carbocycles. The van der Waals surface area contributed by atoms with Crippen molar-refractivity contribution in [2.75, 3.05) is 7.11 Å². The van der Waals surface area contributed by atoms with E-state index in [4.69, 9.17) is 14.3 Å². The average molecular weight is 342 g/mol. The van der Waals surface area contributed by atoms with Gasteiger partial charge in [0.05, 0.1) is 25.5 Å². The summed E-state index contributed by atoms with van der Waals surface area (Å²) in [6.07, 6.45) is 1.68. The minimum Gasteiger partial charge on any atom is -0.497 e. The van der Waals surface area contributed by atoms with Gasteiger partial charge in [0, 0.05) is 18.4 Å². The minimum atomic E-state index is -1.01. The normalized spacial score (nSPS) is 16.6. The first kappa shape index (κ1) is 16.8. The van der Waals surface area contributed by atoms with Crippen LogP contribution in [-0.2, 0) is 9.59 Å². The number of hydrogen-bond donors (Lipinski definition) is 1. The van der Waals surface area contributed by atoms with Gasteiger partial charge in [0.2, 0.25) is 5.91 Å². The van der Waals surface area contributed by atoms with Crippen molar-refractivity contribution in [1.29, 1.82) is 0 Å². The van der Waals surface area contributed by atoms with Crippen LogP contribution in [0.4, 0.5) is 0 Å². The Morgan fingerprint density at radius 2 is 2.16 bits per heavy atom. The van der Waals surface area contributed by atoms with E-state index in [2.05, 4.69) is 5.10 Å². The fourth-order valence-corrected chi connectivity index (χ4v) is 2.75. The summed E-state index contributed by atoms with van der Waals surface area (Å²) in [6.45, 7) is 0. The Bertz CT molecular complexity index is 798. The van der Waals surface area contributed by atoms with E-state index in [0.29, 0.717) is 17.9 Å². The van der Waals surface area contributed by atoms with Gasteiger partial charge in [-0.25, -0.2) is 5.01 Å². The molecule has 2 aromatic rings. The van der Waals surface area contributed by atoms with Crippen molar-refractivity contribution < 1.29 is 23.8 Å². The first-order chi connectivity index (χ1) is 12.1. The van der Waals surface area contributed by atoms with E-state index in [-0.39, 0.29) is 24.8 Å². The number of methoxy groups -OCH3 is 1. The van der Waals surface area contributed by atoms with Crippen molar-refractivity contribution in [2.24, 2.45) is 5.10 Å². The summed E-state index contributed by atoms with van der Waals surface area (Å²) in [7, 11) is 1.59. The topological polar surface area (TPSA) is 92.3 Å². The van der Waals surface area contributed by atoms with Crippen LogP contribution in [0.2, 0.25) is 0 Å². The number of furan rings is 1. The van der Waals surface area contributed by atoms with Gasteiger partial charge in [-0.2, -0.15) is 5.10 Å². The van der Waals surface area contributed by atoms with Crippen molar-refractivity contribution in [3.8, 4) is 5.75 Å². The summed E-state index contributed by atoms with van der Waals surface area (Å²) in [5, 5.41) is 14.6. The summed E-state index contributed by atoms with van der Waals surface area (Å²) in [6, 6.07) is 10.6. The van der Waals surface area contributed by atoms with Crippen LogP contribution < -0.4 is 4.74 Å². The second-order valence-electron chi connectivity index (χ2n) is 5.65. The molecule has 1 atom stereocenters. The largest absolute Gasteiger partial charge is 0.497 e. The van der Waals surface area contributed by atoms with Crippen LogP contribution in [0.5, 0.6) is 5.75 Å². The van der Waals surface area contributed by atoms with Gasteiger partial charge >= 0.3 is 5.97 Å². The number of nitrogens with zero attached hydrogens (tertiary/aromatic N) is 2. The van der Waals surface area contributed by atoms with E-state index >= 15 is 0 Å². The van der Waals surface area contributed by atoms with Gasteiger partial charge in [0.15, 0.2) is 0 Å². The third kappa shape index (κ3) is 3.71. The number of amides is 1. The lowest BCUT2D eigenvalue weighted by Crippen LogP contribution is -2.27. The third-order valence-electron chi connectivity index (χ3n) is 3.99. The van der Waals surface area contributed by atoms with E-state index in [0.717, 1.165) is 11.3 Å². The van der Waals surface area contributed by atoms with Crippen molar-refractivity contribution >= 4 is 17.6 Å². The van der Waals surface area contributed by atoms with E-state index in [1.54, 1.807) is 25.5 Å². The lowest BCUT2D eigenvalue weighted by Gasteiger charge is -2.19. The van der Waals surface area contributed by atoms with Crippen LogP contribution in [-0.4, -0.2) is 34.8 Å². The van der Waals surface area contributed by atoms with Crippen molar-refractivity contribution in [2.45, 2.75) is 25.3 Å². The highest BCUT2D eigenvalue weighted by atomic mass is 16.5. The molecule has 130 valence electrons. The molecule has 0 unspecified atom stereocenters. The molecule has 1 aliphatic rings. The van der Waals surface area contributed by atoms with Gasteiger partial charge in [-0.3, -0.25) is 9.59 Å². The number of ether oxygens (including phenoxy) is 1. The zero-order valence-corrected chi connectivity index (χ0v) is 13.7. The number of hydrogen-bond acceptors (Lipinski definition) is 5. The molecule has 7 nitrogen and oxygen atoms in total. The summed E-state index contributed by atoms with van der Waals surface area (Å²) in [4.78, 5) is 23.2. The highest BCUT2D eigenvalue weighted by Gasteiger charge is 2.34.